The van der Waals surface area contributed by atoms with Gasteiger partial charge in [-0.25, -0.2) is 19.9 Å². The number of hydrogen-bond donors (Lipinski definition) is 3. The van der Waals surface area contributed by atoms with Gasteiger partial charge in [0.15, 0.2) is 10.3 Å². The predicted octanol–water partition coefficient (Wildman–Crippen LogP) is 0.132. The second-order valence-electron chi connectivity index (χ2n) is 4.15. The highest BCUT2D eigenvalue weighted by atomic mass is 32.2. The van der Waals surface area contributed by atoms with E-state index in [4.69, 9.17) is 11.1 Å². The largest absolute Gasteiger partial charge is 0.382 e. The summed E-state index contributed by atoms with van der Waals surface area (Å²) in [6, 6.07) is 1.79. The van der Waals surface area contributed by atoms with Crippen molar-refractivity contribution in [3.05, 3.63) is 28.4 Å². The highest BCUT2D eigenvalue weighted by Crippen LogP contribution is 2.36. The summed E-state index contributed by atoms with van der Waals surface area (Å²) in [6.07, 6.45) is 3.50. The Hall–Kier alpha value is -2.16. The molecule has 8 nitrogen and oxygen atoms in total. The maximum atomic E-state index is 11.6. The van der Waals surface area contributed by atoms with Gasteiger partial charge >= 0.3 is 5.69 Å². The molecule has 0 atom stereocenters. The van der Waals surface area contributed by atoms with Crippen LogP contribution in [0.2, 0.25) is 0 Å². The topological polar surface area (TPSA) is 126 Å². The van der Waals surface area contributed by atoms with Gasteiger partial charge in [-0.1, -0.05) is 0 Å². The van der Waals surface area contributed by atoms with Gasteiger partial charge < -0.3 is 5.73 Å². The maximum absolute atomic E-state index is 11.6. The molecule has 0 aromatic carbocycles. The lowest BCUT2D eigenvalue weighted by Crippen LogP contribution is -2.16. The molecule has 1 aliphatic carbocycles. The van der Waals surface area contributed by atoms with Gasteiger partial charge in [-0.15, -0.1) is 5.10 Å². The van der Waals surface area contributed by atoms with E-state index in [0.717, 1.165) is 12.8 Å². The fourth-order valence-electron chi connectivity index (χ4n) is 1.64. The fraction of sp³-hybridized carbons (Fsp3) is 0.300. The van der Waals surface area contributed by atoms with Crippen molar-refractivity contribution >= 4 is 17.6 Å². The van der Waals surface area contributed by atoms with Gasteiger partial charge in [-0.2, -0.15) is 0 Å². The lowest BCUT2D eigenvalue weighted by atomic mass is 10.4. The molecule has 2 aromatic heterocycles. The van der Waals surface area contributed by atoms with Crippen molar-refractivity contribution < 1.29 is 0 Å². The molecule has 3 rings (SSSR count). The molecule has 4 N–H and O–H groups in total. The summed E-state index contributed by atoms with van der Waals surface area (Å²) in [5.74, 6) is -0.120. The van der Waals surface area contributed by atoms with Crippen LogP contribution in [0.15, 0.2) is 27.4 Å². The normalized spacial score (nSPS) is 14.5. The van der Waals surface area contributed by atoms with Crippen LogP contribution in [0, 0.1) is 5.41 Å². The average Bonchev–Trinajstić information content (AvgIpc) is 3.15. The molecule has 98 valence electrons. The molecule has 2 heterocycles. The molecule has 1 fully saturated rings. The molecule has 0 amide bonds. The van der Waals surface area contributed by atoms with Crippen molar-refractivity contribution in [2.75, 3.05) is 0 Å². The van der Waals surface area contributed by atoms with E-state index in [2.05, 4.69) is 20.2 Å². The van der Waals surface area contributed by atoms with Gasteiger partial charge in [0.2, 0.25) is 0 Å². The van der Waals surface area contributed by atoms with Gasteiger partial charge in [0, 0.05) is 12.2 Å². The van der Waals surface area contributed by atoms with Gasteiger partial charge in [-0.05, 0) is 30.7 Å². The highest BCUT2D eigenvalue weighted by Gasteiger charge is 2.29. The Labute approximate surface area is 112 Å². The minimum atomic E-state index is -0.215. The Morgan fingerprint density at radius 1 is 1.58 bits per heavy atom. The van der Waals surface area contributed by atoms with E-state index in [1.165, 1.54) is 18.0 Å². The van der Waals surface area contributed by atoms with Crippen LogP contribution >= 0.6 is 11.8 Å². The Morgan fingerprint density at radius 2 is 2.37 bits per heavy atom. The first-order chi connectivity index (χ1) is 9.15. The van der Waals surface area contributed by atoms with E-state index in [9.17, 15) is 4.79 Å². The van der Waals surface area contributed by atoms with Crippen LogP contribution in [0.1, 0.15) is 24.6 Å². The standard InChI is InChI=1S/C10H11N7OS/c11-7(12)6-3-4-13-8(14-6)19-10-16-15-9(18)17(10)5-1-2-5/h3-5H,1-2H2,(H3,11,12)(H,15,18). The Balaban J connectivity index is 1.91. The number of H-pyrrole nitrogens is 1. The molecule has 19 heavy (non-hydrogen) atoms. The zero-order chi connectivity index (χ0) is 13.4. The minimum Gasteiger partial charge on any atom is -0.382 e. The lowest BCUT2D eigenvalue weighted by molar-refractivity contribution is 0.641. The molecule has 1 saturated carbocycles. The molecule has 0 bridgehead atoms. The molecule has 1 aliphatic rings. The maximum Gasteiger partial charge on any atom is 0.344 e. The van der Waals surface area contributed by atoms with Crippen molar-refractivity contribution in [3.8, 4) is 0 Å². The molecule has 0 aliphatic heterocycles. The third-order valence-corrected chi connectivity index (χ3v) is 3.53. The van der Waals surface area contributed by atoms with Gasteiger partial charge in [-0.3, -0.25) is 9.98 Å². The van der Waals surface area contributed by atoms with Crippen LogP contribution in [0.25, 0.3) is 0 Å². The summed E-state index contributed by atoms with van der Waals surface area (Å²) in [5.41, 5.74) is 5.51. The quantitative estimate of drug-likeness (QED) is 0.414. The van der Waals surface area contributed by atoms with Crippen molar-refractivity contribution in [3.63, 3.8) is 0 Å². The first-order valence-corrected chi connectivity index (χ1v) is 6.49. The van der Waals surface area contributed by atoms with Crippen molar-refractivity contribution in [2.24, 2.45) is 5.73 Å². The van der Waals surface area contributed by atoms with Gasteiger partial charge in [0.05, 0.1) is 0 Å². The number of amidine groups is 1. The summed E-state index contributed by atoms with van der Waals surface area (Å²) < 4.78 is 1.62. The Morgan fingerprint density at radius 3 is 3.05 bits per heavy atom. The SMILES string of the molecule is N=C(N)c1ccnc(Sc2n[nH]c(=O)n2C2CC2)n1. The van der Waals surface area contributed by atoms with E-state index in [0.29, 0.717) is 16.0 Å². The summed E-state index contributed by atoms with van der Waals surface area (Å²) in [5, 5.41) is 14.7. The molecule has 0 spiro atoms. The Bertz CT molecular complexity index is 687. The molecular formula is C10H11N7OS. The van der Waals surface area contributed by atoms with Gasteiger partial charge in [0.25, 0.3) is 0 Å². The summed E-state index contributed by atoms with van der Waals surface area (Å²) in [6.45, 7) is 0. The third-order valence-electron chi connectivity index (χ3n) is 2.68. The molecule has 0 unspecified atom stereocenters. The number of nitrogen functional groups attached to an aromatic ring is 1. The average molecular weight is 277 g/mol. The lowest BCUT2D eigenvalue weighted by Gasteiger charge is -2.03. The number of nitrogens with two attached hydrogens (primary N) is 1. The minimum absolute atomic E-state index is 0.120. The molecular weight excluding hydrogens is 266 g/mol. The predicted molar refractivity (Wildman–Crippen MR) is 68.3 cm³/mol. The number of aromatic nitrogens is 5. The monoisotopic (exact) mass is 277 g/mol. The fourth-order valence-corrected chi connectivity index (χ4v) is 2.48. The first kappa shape index (κ1) is 11.9. The van der Waals surface area contributed by atoms with Gasteiger partial charge in [0.1, 0.15) is 11.5 Å². The summed E-state index contributed by atoms with van der Waals surface area (Å²) in [7, 11) is 0. The molecule has 0 saturated heterocycles. The molecule has 9 heteroatoms. The van der Waals surface area contributed by atoms with Crippen LogP contribution in [0.4, 0.5) is 0 Å². The van der Waals surface area contributed by atoms with Crippen LogP contribution in [-0.4, -0.2) is 30.6 Å². The van der Waals surface area contributed by atoms with E-state index in [1.807, 2.05) is 0 Å². The molecule has 0 radical (unpaired) electrons. The Kier molecular flexibility index (Phi) is 2.82. The van der Waals surface area contributed by atoms with E-state index in [-0.39, 0.29) is 17.6 Å². The number of rotatable bonds is 4. The third kappa shape index (κ3) is 2.36. The van der Waals surface area contributed by atoms with Crippen molar-refractivity contribution in [1.82, 2.24) is 24.7 Å². The van der Waals surface area contributed by atoms with E-state index < -0.39 is 0 Å². The summed E-state index contributed by atoms with van der Waals surface area (Å²) >= 11 is 1.18. The highest BCUT2D eigenvalue weighted by molar-refractivity contribution is 7.99. The zero-order valence-electron chi connectivity index (χ0n) is 9.83. The van der Waals surface area contributed by atoms with Crippen LogP contribution in [0.3, 0.4) is 0 Å². The number of nitrogens with zero attached hydrogens (tertiary/aromatic N) is 4. The molecule has 2 aromatic rings. The van der Waals surface area contributed by atoms with E-state index in [1.54, 1.807) is 10.6 Å². The van der Waals surface area contributed by atoms with Crippen LogP contribution < -0.4 is 11.4 Å². The second-order valence-corrected chi connectivity index (χ2v) is 5.09. The smallest absolute Gasteiger partial charge is 0.344 e. The number of hydrogen-bond acceptors (Lipinski definition) is 6. The number of aromatic amines is 1. The number of nitrogens with one attached hydrogen (secondary N) is 2. The summed E-state index contributed by atoms with van der Waals surface area (Å²) in [4.78, 5) is 19.8. The van der Waals surface area contributed by atoms with Crippen LogP contribution in [0.5, 0.6) is 0 Å². The van der Waals surface area contributed by atoms with Crippen LogP contribution in [-0.2, 0) is 0 Å². The zero-order valence-corrected chi connectivity index (χ0v) is 10.6. The van der Waals surface area contributed by atoms with Crippen molar-refractivity contribution in [1.29, 1.82) is 5.41 Å². The van der Waals surface area contributed by atoms with Crippen molar-refractivity contribution in [2.45, 2.75) is 29.2 Å². The van der Waals surface area contributed by atoms with E-state index >= 15 is 0 Å². The first-order valence-electron chi connectivity index (χ1n) is 5.67. The second kappa shape index (κ2) is 4.50.